The van der Waals surface area contributed by atoms with Gasteiger partial charge in [-0.2, -0.15) is 0 Å². The van der Waals surface area contributed by atoms with Crippen LogP contribution in [-0.4, -0.2) is 16.5 Å². The predicted octanol–water partition coefficient (Wildman–Crippen LogP) is 3.54. The Labute approximate surface area is 105 Å². The highest BCUT2D eigenvalue weighted by atomic mass is 32.1. The number of nitrogens with one attached hydrogen (secondary N) is 1. The molecular formula is C13H17N3S. The standard InChI is InChI=1S/C13H17N3S/c1-9-2-3-10(6-9)7-14-13-12-11(4-5-17-12)15-8-16-13/h4-5,8-10H,2-3,6-7H2,1H3,(H,14,15,16). The summed E-state index contributed by atoms with van der Waals surface area (Å²) in [7, 11) is 0. The Morgan fingerprint density at radius 3 is 3.18 bits per heavy atom. The van der Waals surface area contributed by atoms with E-state index in [2.05, 4.69) is 27.6 Å². The van der Waals surface area contributed by atoms with Gasteiger partial charge in [0.25, 0.3) is 0 Å². The van der Waals surface area contributed by atoms with Crippen molar-refractivity contribution < 1.29 is 0 Å². The van der Waals surface area contributed by atoms with Gasteiger partial charge in [0, 0.05) is 6.54 Å². The van der Waals surface area contributed by atoms with Crippen LogP contribution in [0.15, 0.2) is 17.8 Å². The van der Waals surface area contributed by atoms with Crippen molar-refractivity contribution in [2.45, 2.75) is 26.2 Å². The van der Waals surface area contributed by atoms with E-state index in [4.69, 9.17) is 0 Å². The van der Waals surface area contributed by atoms with Gasteiger partial charge in [-0.15, -0.1) is 11.3 Å². The van der Waals surface area contributed by atoms with Crippen molar-refractivity contribution in [2.75, 3.05) is 11.9 Å². The predicted molar refractivity (Wildman–Crippen MR) is 72.4 cm³/mol. The number of hydrogen-bond acceptors (Lipinski definition) is 4. The van der Waals surface area contributed by atoms with Gasteiger partial charge in [-0.1, -0.05) is 13.3 Å². The Kier molecular flexibility index (Phi) is 2.97. The van der Waals surface area contributed by atoms with Gasteiger partial charge in [-0.3, -0.25) is 0 Å². The monoisotopic (exact) mass is 247 g/mol. The van der Waals surface area contributed by atoms with Gasteiger partial charge in [0.1, 0.15) is 12.1 Å². The number of rotatable bonds is 3. The number of thiophene rings is 1. The van der Waals surface area contributed by atoms with E-state index in [1.54, 1.807) is 17.7 Å². The minimum atomic E-state index is 0.815. The lowest BCUT2D eigenvalue weighted by atomic mass is 10.1. The third kappa shape index (κ3) is 2.27. The first-order valence-electron chi connectivity index (χ1n) is 6.25. The lowest BCUT2D eigenvalue weighted by Crippen LogP contribution is -2.12. The van der Waals surface area contributed by atoms with E-state index in [9.17, 15) is 0 Å². The normalized spacial score (nSPS) is 24.3. The molecule has 1 fully saturated rings. The molecule has 0 aromatic carbocycles. The Bertz CT molecular complexity index is 508. The van der Waals surface area contributed by atoms with Crippen molar-refractivity contribution in [1.82, 2.24) is 9.97 Å². The second-order valence-electron chi connectivity index (χ2n) is 5.02. The molecule has 2 unspecified atom stereocenters. The fraction of sp³-hybridized carbons (Fsp3) is 0.538. The quantitative estimate of drug-likeness (QED) is 0.901. The van der Waals surface area contributed by atoms with Gasteiger partial charge < -0.3 is 5.32 Å². The van der Waals surface area contributed by atoms with Gasteiger partial charge in [-0.25, -0.2) is 9.97 Å². The van der Waals surface area contributed by atoms with Crippen LogP contribution in [0, 0.1) is 11.8 Å². The van der Waals surface area contributed by atoms with Gasteiger partial charge >= 0.3 is 0 Å². The lowest BCUT2D eigenvalue weighted by molar-refractivity contribution is 0.537. The molecule has 1 aliphatic rings. The Morgan fingerprint density at radius 2 is 2.35 bits per heavy atom. The highest BCUT2D eigenvalue weighted by Crippen LogP contribution is 2.31. The number of nitrogens with zero attached hydrogens (tertiary/aromatic N) is 2. The average molecular weight is 247 g/mol. The van der Waals surface area contributed by atoms with E-state index in [0.717, 1.165) is 29.7 Å². The molecule has 0 aliphatic heterocycles. The first-order chi connectivity index (χ1) is 8.33. The average Bonchev–Trinajstić information content (AvgIpc) is 2.94. The number of fused-ring (bicyclic) bond motifs is 1. The molecule has 0 amide bonds. The van der Waals surface area contributed by atoms with E-state index in [1.165, 1.54) is 24.0 Å². The minimum absolute atomic E-state index is 0.815. The molecule has 0 saturated heterocycles. The number of anilines is 1. The molecule has 2 atom stereocenters. The highest BCUT2D eigenvalue weighted by Gasteiger charge is 2.21. The van der Waals surface area contributed by atoms with Crippen LogP contribution >= 0.6 is 11.3 Å². The second-order valence-corrected chi connectivity index (χ2v) is 5.94. The molecular weight excluding hydrogens is 230 g/mol. The summed E-state index contributed by atoms with van der Waals surface area (Å²) in [5, 5.41) is 5.57. The van der Waals surface area contributed by atoms with Crippen molar-refractivity contribution in [2.24, 2.45) is 11.8 Å². The van der Waals surface area contributed by atoms with Crippen molar-refractivity contribution in [1.29, 1.82) is 0 Å². The molecule has 0 bridgehead atoms. The fourth-order valence-corrected chi connectivity index (χ4v) is 3.48. The van der Waals surface area contributed by atoms with Crippen LogP contribution in [0.25, 0.3) is 10.2 Å². The summed E-state index contributed by atoms with van der Waals surface area (Å²) in [5.74, 6) is 2.72. The van der Waals surface area contributed by atoms with Crippen LogP contribution in [0.5, 0.6) is 0 Å². The molecule has 4 heteroatoms. The zero-order valence-corrected chi connectivity index (χ0v) is 10.8. The van der Waals surface area contributed by atoms with Crippen molar-refractivity contribution in [3.63, 3.8) is 0 Å². The van der Waals surface area contributed by atoms with Gasteiger partial charge in [0.05, 0.1) is 10.2 Å². The smallest absolute Gasteiger partial charge is 0.147 e. The lowest BCUT2D eigenvalue weighted by Gasteiger charge is -2.11. The van der Waals surface area contributed by atoms with Crippen LogP contribution in [0.1, 0.15) is 26.2 Å². The Balaban J connectivity index is 1.70. The molecule has 0 spiro atoms. The molecule has 1 N–H and O–H groups in total. The largest absolute Gasteiger partial charge is 0.369 e. The highest BCUT2D eigenvalue weighted by molar-refractivity contribution is 7.17. The number of aromatic nitrogens is 2. The molecule has 90 valence electrons. The van der Waals surface area contributed by atoms with E-state index >= 15 is 0 Å². The fourth-order valence-electron chi connectivity index (χ4n) is 2.67. The third-order valence-electron chi connectivity index (χ3n) is 3.60. The maximum absolute atomic E-state index is 4.35. The summed E-state index contributed by atoms with van der Waals surface area (Å²) in [6.07, 6.45) is 5.73. The van der Waals surface area contributed by atoms with Gasteiger partial charge in [0.15, 0.2) is 0 Å². The van der Waals surface area contributed by atoms with E-state index < -0.39 is 0 Å². The minimum Gasteiger partial charge on any atom is -0.369 e. The van der Waals surface area contributed by atoms with Crippen LogP contribution < -0.4 is 5.32 Å². The molecule has 1 aliphatic carbocycles. The third-order valence-corrected chi connectivity index (χ3v) is 4.52. The molecule has 2 heterocycles. The molecule has 2 aromatic rings. The Hall–Kier alpha value is -1.16. The number of hydrogen-bond donors (Lipinski definition) is 1. The van der Waals surface area contributed by atoms with Gasteiger partial charge in [0.2, 0.25) is 0 Å². The zero-order valence-electron chi connectivity index (χ0n) is 10.0. The molecule has 3 rings (SSSR count). The first kappa shape index (κ1) is 11.0. The molecule has 17 heavy (non-hydrogen) atoms. The summed E-state index contributed by atoms with van der Waals surface area (Å²) in [5.41, 5.74) is 1.05. The van der Waals surface area contributed by atoms with Crippen molar-refractivity contribution >= 4 is 27.4 Å². The van der Waals surface area contributed by atoms with Crippen LogP contribution in [0.3, 0.4) is 0 Å². The summed E-state index contributed by atoms with van der Waals surface area (Å²) >= 11 is 1.71. The molecule has 3 nitrogen and oxygen atoms in total. The summed E-state index contributed by atoms with van der Waals surface area (Å²) in [6.45, 7) is 3.40. The van der Waals surface area contributed by atoms with E-state index in [-0.39, 0.29) is 0 Å². The van der Waals surface area contributed by atoms with E-state index in [1.807, 2.05) is 6.07 Å². The molecule has 2 aromatic heterocycles. The summed E-state index contributed by atoms with van der Waals surface area (Å²) in [6, 6.07) is 2.05. The second kappa shape index (κ2) is 4.61. The summed E-state index contributed by atoms with van der Waals surface area (Å²) < 4.78 is 1.18. The maximum Gasteiger partial charge on any atom is 0.147 e. The molecule has 0 radical (unpaired) electrons. The Morgan fingerprint density at radius 1 is 1.41 bits per heavy atom. The zero-order chi connectivity index (χ0) is 11.7. The van der Waals surface area contributed by atoms with E-state index in [0.29, 0.717) is 0 Å². The molecule has 1 saturated carbocycles. The maximum atomic E-state index is 4.35. The topological polar surface area (TPSA) is 37.8 Å². The van der Waals surface area contributed by atoms with Crippen LogP contribution in [0.2, 0.25) is 0 Å². The SMILES string of the molecule is CC1CCC(CNc2ncnc3ccsc23)C1. The van der Waals surface area contributed by atoms with Crippen LogP contribution in [0.4, 0.5) is 5.82 Å². The van der Waals surface area contributed by atoms with Crippen LogP contribution in [-0.2, 0) is 0 Å². The van der Waals surface area contributed by atoms with Crippen molar-refractivity contribution in [3.05, 3.63) is 17.8 Å². The van der Waals surface area contributed by atoms with Crippen molar-refractivity contribution in [3.8, 4) is 0 Å². The van der Waals surface area contributed by atoms with Gasteiger partial charge in [-0.05, 0) is 36.1 Å². The summed E-state index contributed by atoms with van der Waals surface area (Å²) in [4.78, 5) is 8.60. The first-order valence-corrected chi connectivity index (χ1v) is 7.13.